The van der Waals surface area contributed by atoms with Gasteiger partial charge in [0.2, 0.25) is 0 Å². The van der Waals surface area contributed by atoms with E-state index in [9.17, 15) is 9.59 Å². The van der Waals surface area contributed by atoms with Crippen LogP contribution in [0.1, 0.15) is 29.9 Å². The first-order valence-electron chi connectivity index (χ1n) is 4.92. The van der Waals surface area contributed by atoms with Gasteiger partial charge in [0.15, 0.2) is 0 Å². The fraction of sp³-hybridized carbons (Fsp3) is 0.250. The van der Waals surface area contributed by atoms with Crippen molar-refractivity contribution in [1.82, 2.24) is 0 Å². The van der Waals surface area contributed by atoms with Crippen LogP contribution in [0, 0.1) is 11.3 Å². The molecule has 1 aromatic carbocycles. The molecule has 1 aromatic rings. The van der Waals surface area contributed by atoms with E-state index in [2.05, 4.69) is 4.74 Å². The number of cyclic esters (lactones) is 2. The lowest BCUT2D eigenvalue weighted by Gasteiger charge is -2.19. The molecule has 0 unspecified atom stereocenters. The molecular formula is C12H9NO3. The van der Waals surface area contributed by atoms with Crippen LogP contribution in [0.3, 0.4) is 0 Å². The fourth-order valence-corrected chi connectivity index (χ4v) is 1.75. The van der Waals surface area contributed by atoms with Crippen LogP contribution in [-0.2, 0) is 14.3 Å². The van der Waals surface area contributed by atoms with Crippen molar-refractivity contribution in [2.75, 3.05) is 0 Å². The van der Waals surface area contributed by atoms with E-state index < -0.39 is 11.9 Å². The molecule has 80 valence electrons. The summed E-state index contributed by atoms with van der Waals surface area (Å²) in [6.07, 6.45) is 0.440. The highest BCUT2D eigenvalue weighted by Gasteiger charge is 2.28. The Labute approximate surface area is 92.4 Å². The first-order valence-corrected chi connectivity index (χ1v) is 4.92. The van der Waals surface area contributed by atoms with Gasteiger partial charge in [-0.3, -0.25) is 9.59 Å². The standard InChI is InChI=1S/C12H9NO3/c13-7-8-1-3-9(4-2-8)10-5-11(14)16-12(15)6-10/h1-4,10H,5-6H2. The molecule has 16 heavy (non-hydrogen) atoms. The first kappa shape index (κ1) is 10.4. The van der Waals surface area contributed by atoms with Crippen LogP contribution in [0.15, 0.2) is 24.3 Å². The lowest BCUT2D eigenvalue weighted by molar-refractivity contribution is -0.163. The molecule has 0 N–H and O–H groups in total. The van der Waals surface area contributed by atoms with E-state index in [0.29, 0.717) is 5.56 Å². The molecule has 1 heterocycles. The van der Waals surface area contributed by atoms with Gasteiger partial charge in [0.05, 0.1) is 24.5 Å². The number of carbonyl (C=O) groups excluding carboxylic acids is 2. The number of nitrogens with zero attached hydrogens (tertiary/aromatic N) is 1. The van der Waals surface area contributed by atoms with E-state index >= 15 is 0 Å². The fourth-order valence-electron chi connectivity index (χ4n) is 1.75. The van der Waals surface area contributed by atoms with E-state index in [-0.39, 0.29) is 18.8 Å². The zero-order valence-electron chi connectivity index (χ0n) is 8.47. The van der Waals surface area contributed by atoms with Gasteiger partial charge in [-0.25, -0.2) is 0 Å². The summed E-state index contributed by atoms with van der Waals surface area (Å²) in [6.45, 7) is 0. The molecule has 0 aliphatic carbocycles. The molecule has 4 nitrogen and oxygen atoms in total. The van der Waals surface area contributed by atoms with E-state index in [1.807, 2.05) is 6.07 Å². The van der Waals surface area contributed by atoms with Gasteiger partial charge in [0.1, 0.15) is 0 Å². The number of nitriles is 1. The largest absolute Gasteiger partial charge is 0.393 e. The predicted molar refractivity (Wildman–Crippen MR) is 54.2 cm³/mol. The summed E-state index contributed by atoms with van der Waals surface area (Å²) in [4.78, 5) is 22.2. The van der Waals surface area contributed by atoms with Gasteiger partial charge in [-0.1, -0.05) is 12.1 Å². The van der Waals surface area contributed by atoms with Gasteiger partial charge in [0.25, 0.3) is 0 Å². The molecule has 0 radical (unpaired) electrons. The number of ether oxygens (including phenoxy) is 1. The van der Waals surface area contributed by atoms with Crippen LogP contribution in [-0.4, -0.2) is 11.9 Å². The molecular weight excluding hydrogens is 206 g/mol. The zero-order valence-corrected chi connectivity index (χ0v) is 8.47. The van der Waals surface area contributed by atoms with Crippen LogP contribution >= 0.6 is 0 Å². The Morgan fingerprint density at radius 3 is 2.19 bits per heavy atom. The minimum Gasteiger partial charge on any atom is -0.393 e. The molecule has 4 heteroatoms. The van der Waals surface area contributed by atoms with E-state index in [1.54, 1.807) is 24.3 Å². The second-order valence-corrected chi connectivity index (χ2v) is 3.69. The molecule has 1 saturated heterocycles. The molecule has 1 fully saturated rings. The highest BCUT2D eigenvalue weighted by atomic mass is 16.6. The molecule has 0 spiro atoms. The Balaban J connectivity index is 2.20. The van der Waals surface area contributed by atoms with Crippen molar-refractivity contribution in [3.8, 4) is 6.07 Å². The normalized spacial score (nSPS) is 16.7. The lowest BCUT2D eigenvalue weighted by atomic mass is 9.91. The molecule has 2 rings (SSSR count). The average Bonchev–Trinajstić information content (AvgIpc) is 2.28. The summed E-state index contributed by atoms with van der Waals surface area (Å²) in [5.41, 5.74) is 1.46. The third-order valence-electron chi connectivity index (χ3n) is 2.56. The third kappa shape index (κ3) is 2.09. The summed E-state index contributed by atoms with van der Waals surface area (Å²) in [5.74, 6) is -1.09. The Hall–Kier alpha value is -2.15. The van der Waals surface area contributed by atoms with Crippen molar-refractivity contribution in [2.24, 2.45) is 0 Å². The smallest absolute Gasteiger partial charge is 0.314 e. The Morgan fingerprint density at radius 2 is 1.69 bits per heavy atom. The van der Waals surface area contributed by atoms with Crippen molar-refractivity contribution >= 4 is 11.9 Å². The van der Waals surface area contributed by atoms with Crippen LogP contribution in [0.25, 0.3) is 0 Å². The molecule has 0 atom stereocenters. The van der Waals surface area contributed by atoms with Gasteiger partial charge >= 0.3 is 11.9 Å². The highest BCUT2D eigenvalue weighted by molar-refractivity contribution is 5.89. The molecule has 1 aliphatic heterocycles. The second-order valence-electron chi connectivity index (χ2n) is 3.69. The first-order chi connectivity index (χ1) is 7.69. The van der Waals surface area contributed by atoms with Crippen LogP contribution < -0.4 is 0 Å². The van der Waals surface area contributed by atoms with Crippen LogP contribution in [0.4, 0.5) is 0 Å². The second kappa shape index (κ2) is 4.15. The topological polar surface area (TPSA) is 67.2 Å². The highest BCUT2D eigenvalue weighted by Crippen LogP contribution is 2.28. The SMILES string of the molecule is N#Cc1ccc(C2CC(=O)OC(=O)C2)cc1. The average molecular weight is 215 g/mol. The maximum Gasteiger partial charge on any atom is 0.314 e. The van der Waals surface area contributed by atoms with E-state index in [1.165, 1.54) is 0 Å². The molecule has 0 bridgehead atoms. The Morgan fingerprint density at radius 1 is 1.12 bits per heavy atom. The Bertz CT molecular complexity index is 454. The van der Waals surface area contributed by atoms with Crippen molar-refractivity contribution < 1.29 is 14.3 Å². The molecule has 1 aliphatic rings. The van der Waals surface area contributed by atoms with Crippen LogP contribution in [0.5, 0.6) is 0 Å². The minimum absolute atomic E-state index is 0.124. The van der Waals surface area contributed by atoms with Crippen molar-refractivity contribution in [3.63, 3.8) is 0 Å². The van der Waals surface area contributed by atoms with Gasteiger partial charge in [0, 0.05) is 5.92 Å². The van der Waals surface area contributed by atoms with E-state index in [0.717, 1.165) is 5.56 Å². The monoisotopic (exact) mass is 215 g/mol. The summed E-state index contributed by atoms with van der Waals surface area (Å²) in [5, 5.41) is 8.64. The number of carbonyl (C=O) groups is 2. The lowest BCUT2D eigenvalue weighted by Crippen LogP contribution is -2.24. The maximum absolute atomic E-state index is 11.1. The number of rotatable bonds is 1. The number of hydrogen-bond donors (Lipinski definition) is 0. The summed E-state index contributed by atoms with van der Waals surface area (Å²) < 4.78 is 4.45. The van der Waals surface area contributed by atoms with Crippen LogP contribution in [0.2, 0.25) is 0 Å². The van der Waals surface area contributed by atoms with Gasteiger partial charge in [-0.2, -0.15) is 5.26 Å². The van der Waals surface area contributed by atoms with E-state index in [4.69, 9.17) is 5.26 Å². The van der Waals surface area contributed by atoms with Crippen molar-refractivity contribution in [1.29, 1.82) is 5.26 Å². The Kier molecular flexibility index (Phi) is 2.69. The summed E-state index contributed by atoms with van der Waals surface area (Å²) in [6, 6.07) is 8.92. The molecule has 0 saturated carbocycles. The zero-order chi connectivity index (χ0) is 11.5. The number of esters is 2. The predicted octanol–water partition coefficient (Wildman–Crippen LogP) is 1.51. The van der Waals surface area contributed by atoms with Gasteiger partial charge in [-0.15, -0.1) is 0 Å². The molecule has 0 amide bonds. The number of benzene rings is 1. The van der Waals surface area contributed by atoms with Crippen molar-refractivity contribution in [2.45, 2.75) is 18.8 Å². The third-order valence-corrected chi connectivity index (χ3v) is 2.56. The van der Waals surface area contributed by atoms with Crippen molar-refractivity contribution in [3.05, 3.63) is 35.4 Å². The number of hydrogen-bond acceptors (Lipinski definition) is 4. The summed E-state index contributed by atoms with van der Waals surface area (Å²) in [7, 11) is 0. The van der Waals surface area contributed by atoms with Gasteiger partial charge in [-0.05, 0) is 17.7 Å². The molecule has 0 aromatic heterocycles. The quantitative estimate of drug-likeness (QED) is 0.526. The maximum atomic E-state index is 11.1. The minimum atomic E-state index is -0.481. The summed E-state index contributed by atoms with van der Waals surface area (Å²) >= 11 is 0. The van der Waals surface area contributed by atoms with Gasteiger partial charge < -0.3 is 4.74 Å².